The van der Waals surface area contributed by atoms with Crippen molar-refractivity contribution in [3.63, 3.8) is 0 Å². The van der Waals surface area contributed by atoms with Gasteiger partial charge in [0.15, 0.2) is 0 Å². The van der Waals surface area contributed by atoms with Gasteiger partial charge in [-0.25, -0.2) is 0 Å². The van der Waals surface area contributed by atoms with Gasteiger partial charge < -0.3 is 0 Å². The highest BCUT2D eigenvalue weighted by molar-refractivity contribution is 7.07. The Morgan fingerprint density at radius 3 is 3.09 bits per heavy atom. The summed E-state index contributed by atoms with van der Waals surface area (Å²) in [5.74, 6) is 0.190. The molecule has 0 aliphatic rings. The second kappa shape index (κ2) is 4.15. The number of hydrogen-bond acceptors (Lipinski definition) is 2. The van der Waals surface area contributed by atoms with Crippen molar-refractivity contribution in [3.8, 4) is 6.07 Å². The number of rotatable bonds is 3. The molecule has 58 valence electrons. The van der Waals surface area contributed by atoms with Crippen LogP contribution in [0.3, 0.4) is 0 Å². The second-order valence-corrected chi connectivity index (χ2v) is 3.48. The quantitative estimate of drug-likeness (QED) is 0.675. The number of nitrogens with zero attached hydrogens (tertiary/aromatic N) is 1. The van der Waals surface area contributed by atoms with Crippen LogP contribution in [0, 0.1) is 17.2 Å². The van der Waals surface area contributed by atoms with Gasteiger partial charge in [0.2, 0.25) is 0 Å². The molecule has 0 saturated carbocycles. The first-order valence-corrected chi connectivity index (χ1v) is 4.68. The molecule has 0 saturated heterocycles. The van der Waals surface area contributed by atoms with Crippen LogP contribution in [0.5, 0.6) is 0 Å². The Balaban J connectivity index is 2.30. The van der Waals surface area contributed by atoms with E-state index in [1.165, 1.54) is 5.56 Å². The molecule has 1 nitrogen and oxygen atoms in total. The van der Waals surface area contributed by atoms with E-state index in [-0.39, 0.29) is 5.92 Å². The third-order valence-corrected chi connectivity index (χ3v) is 2.40. The fourth-order valence-electron chi connectivity index (χ4n) is 0.883. The molecule has 0 fully saturated rings. The van der Waals surface area contributed by atoms with E-state index in [0.29, 0.717) is 0 Å². The molecule has 1 atom stereocenters. The summed E-state index contributed by atoms with van der Waals surface area (Å²) in [7, 11) is 0. The Morgan fingerprint density at radius 2 is 2.55 bits per heavy atom. The van der Waals surface area contributed by atoms with E-state index >= 15 is 0 Å². The minimum absolute atomic E-state index is 0.190. The first-order valence-electron chi connectivity index (χ1n) is 3.73. The van der Waals surface area contributed by atoms with E-state index in [1.807, 2.05) is 6.92 Å². The zero-order valence-electron chi connectivity index (χ0n) is 6.58. The largest absolute Gasteiger partial charge is 0.198 e. The predicted octanol–water partition coefficient (Wildman–Crippen LogP) is 2.84. The van der Waals surface area contributed by atoms with Gasteiger partial charge in [-0.1, -0.05) is 0 Å². The molecule has 1 aromatic rings. The van der Waals surface area contributed by atoms with Gasteiger partial charge in [0.25, 0.3) is 0 Å². The SMILES string of the molecule is CC(C#N)CCc1ccsc1. The monoisotopic (exact) mass is 165 g/mol. The van der Waals surface area contributed by atoms with Crippen molar-refractivity contribution in [1.82, 2.24) is 0 Å². The molecule has 1 heterocycles. The van der Waals surface area contributed by atoms with Crippen molar-refractivity contribution in [2.24, 2.45) is 5.92 Å². The highest BCUT2D eigenvalue weighted by atomic mass is 32.1. The average Bonchev–Trinajstić information content (AvgIpc) is 2.52. The fraction of sp³-hybridized carbons (Fsp3) is 0.444. The van der Waals surface area contributed by atoms with Gasteiger partial charge in [-0.15, -0.1) is 0 Å². The molecule has 0 radical (unpaired) electrons. The molecule has 0 bridgehead atoms. The van der Waals surface area contributed by atoms with Crippen LogP contribution in [0.4, 0.5) is 0 Å². The van der Waals surface area contributed by atoms with Gasteiger partial charge in [0, 0.05) is 5.92 Å². The maximum atomic E-state index is 8.52. The van der Waals surface area contributed by atoms with Crippen LogP contribution in [0.15, 0.2) is 16.8 Å². The summed E-state index contributed by atoms with van der Waals surface area (Å²) in [5, 5.41) is 12.7. The van der Waals surface area contributed by atoms with E-state index in [4.69, 9.17) is 5.26 Å². The van der Waals surface area contributed by atoms with Gasteiger partial charge in [0.05, 0.1) is 6.07 Å². The lowest BCUT2D eigenvalue weighted by Crippen LogP contribution is -1.92. The van der Waals surface area contributed by atoms with Crippen LogP contribution in [-0.4, -0.2) is 0 Å². The minimum Gasteiger partial charge on any atom is -0.198 e. The van der Waals surface area contributed by atoms with Gasteiger partial charge in [-0.2, -0.15) is 16.6 Å². The summed E-state index contributed by atoms with van der Waals surface area (Å²) in [6, 6.07) is 4.35. The second-order valence-electron chi connectivity index (χ2n) is 2.70. The van der Waals surface area contributed by atoms with Crippen LogP contribution in [0.25, 0.3) is 0 Å². The summed E-state index contributed by atoms with van der Waals surface area (Å²) in [5.41, 5.74) is 1.36. The van der Waals surface area contributed by atoms with E-state index in [0.717, 1.165) is 12.8 Å². The summed E-state index contributed by atoms with van der Waals surface area (Å²) >= 11 is 1.72. The number of hydrogen-bond donors (Lipinski definition) is 0. The molecule has 0 aromatic carbocycles. The number of nitriles is 1. The Labute approximate surface area is 71.3 Å². The van der Waals surface area contributed by atoms with Gasteiger partial charge in [-0.3, -0.25) is 0 Å². The van der Waals surface area contributed by atoms with E-state index in [1.54, 1.807) is 11.3 Å². The lowest BCUT2D eigenvalue weighted by molar-refractivity contribution is 0.661. The highest BCUT2D eigenvalue weighted by Crippen LogP contribution is 2.11. The maximum absolute atomic E-state index is 8.52. The molecule has 11 heavy (non-hydrogen) atoms. The fourth-order valence-corrected chi connectivity index (χ4v) is 1.59. The zero-order chi connectivity index (χ0) is 8.10. The van der Waals surface area contributed by atoms with Crippen molar-refractivity contribution < 1.29 is 0 Å². The van der Waals surface area contributed by atoms with Crippen LogP contribution in [-0.2, 0) is 6.42 Å². The molecular weight excluding hydrogens is 154 g/mol. The molecule has 1 aromatic heterocycles. The first-order chi connectivity index (χ1) is 5.33. The molecule has 2 heteroatoms. The molecule has 1 unspecified atom stereocenters. The third-order valence-electron chi connectivity index (χ3n) is 1.67. The Kier molecular flexibility index (Phi) is 3.13. The van der Waals surface area contributed by atoms with Gasteiger partial charge in [-0.05, 0) is 42.2 Å². The highest BCUT2D eigenvalue weighted by Gasteiger charge is 1.99. The average molecular weight is 165 g/mol. The van der Waals surface area contributed by atoms with Crippen LogP contribution < -0.4 is 0 Å². The predicted molar refractivity (Wildman–Crippen MR) is 47.4 cm³/mol. The Morgan fingerprint density at radius 1 is 1.73 bits per heavy atom. The summed E-state index contributed by atoms with van der Waals surface area (Å²) in [4.78, 5) is 0. The third kappa shape index (κ3) is 2.73. The summed E-state index contributed by atoms with van der Waals surface area (Å²) < 4.78 is 0. The van der Waals surface area contributed by atoms with Crippen LogP contribution in [0.1, 0.15) is 18.9 Å². The van der Waals surface area contributed by atoms with Crippen molar-refractivity contribution in [2.75, 3.05) is 0 Å². The Bertz CT molecular complexity index is 233. The minimum atomic E-state index is 0.190. The molecule has 0 spiro atoms. The van der Waals surface area contributed by atoms with Crippen LogP contribution >= 0.6 is 11.3 Å². The normalized spacial score (nSPS) is 12.4. The zero-order valence-corrected chi connectivity index (χ0v) is 7.40. The van der Waals surface area contributed by atoms with E-state index in [9.17, 15) is 0 Å². The van der Waals surface area contributed by atoms with E-state index < -0.39 is 0 Å². The molecule has 1 rings (SSSR count). The van der Waals surface area contributed by atoms with Crippen LogP contribution in [0.2, 0.25) is 0 Å². The topological polar surface area (TPSA) is 23.8 Å². The molecular formula is C9H11NS. The van der Waals surface area contributed by atoms with Gasteiger partial charge >= 0.3 is 0 Å². The van der Waals surface area contributed by atoms with E-state index in [2.05, 4.69) is 22.9 Å². The molecule has 0 aliphatic carbocycles. The van der Waals surface area contributed by atoms with Crippen molar-refractivity contribution in [1.29, 1.82) is 5.26 Å². The standard InChI is InChI=1S/C9H11NS/c1-8(6-10)2-3-9-4-5-11-7-9/h4-5,7-8H,2-3H2,1H3. The maximum Gasteiger partial charge on any atom is 0.0652 e. The molecule has 0 amide bonds. The first kappa shape index (κ1) is 8.29. The molecule has 0 aliphatic heterocycles. The van der Waals surface area contributed by atoms with Crippen molar-refractivity contribution in [2.45, 2.75) is 19.8 Å². The number of thiophene rings is 1. The smallest absolute Gasteiger partial charge is 0.0652 e. The summed E-state index contributed by atoms with van der Waals surface area (Å²) in [6.45, 7) is 1.96. The molecule has 0 N–H and O–H groups in total. The summed E-state index contributed by atoms with van der Waals surface area (Å²) in [6.07, 6.45) is 2.02. The van der Waals surface area contributed by atoms with Crippen molar-refractivity contribution in [3.05, 3.63) is 22.4 Å². The lowest BCUT2D eigenvalue weighted by Gasteiger charge is -1.98. The Hall–Kier alpha value is -0.810. The van der Waals surface area contributed by atoms with Gasteiger partial charge in [0.1, 0.15) is 0 Å². The number of aryl methyl sites for hydroxylation is 1. The lowest BCUT2D eigenvalue weighted by atomic mass is 10.0. The van der Waals surface area contributed by atoms with Crippen molar-refractivity contribution >= 4 is 11.3 Å².